The molecule has 2 aliphatic rings. The number of likely N-dealkylation sites (tertiary alicyclic amines) is 1. The Hall–Kier alpha value is -1.60. The highest BCUT2D eigenvalue weighted by Crippen LogP contribution is 2.34. The number of alkyl halides is 3. The van der Waals surface area contributed by atoms with E-state index in [1.165, 1.54) is 0 Å². The number of hydrogen-bond donors (Lipinski definition) is 0. The SMILES string of the molecule is O=C(C1CCC1)N1CCC(c2noc(C(F)(F)F)n2)C1. The van der Waals surface area contributed by atoms with Gasteiger partial charge in [0.15, 0.2) is 5.82 Å². The second-order valence-electron chi connectivity index (χ2n) is 5.35. The predicted octanol–water partition coefficient (Wildman–Crippen LogP) is 2.20. The first-order valence-corrected chi connectivity index (χ1v) is 6.64. The van der Waals surface area contributed by atoms with Gasteiger partial charge in [-0.05, 0) is 19.3 Å². The molecule has 0 radical (unpaired) electrons. The first-order chi connectivity index (χ1) is 9.45. The zero-order chi connectivity index (χ0) is 14.3. The molecule has 0 aromatic carbocycles. The van der Waals surface area contributed by atoms with Crippen molar-refractivity contribution in [2.75, 3.05) is 13.1 Å². The molecule has 1 aliphatic carbocycles. The molecule has 1 atom stereocenters. The third kappa shape index (κ3) is 2.38. The van der Waals surface area contributed by atoms with Gasteiger partial charge in [0.2, 0.25) is 5.91 Å². The summed E-state index contributed by atoms with van der Waals surface area (Å²) in [6.07, 6.45) is -1.13. The maximum Gasteiger partial charge on any atom is 0.471 e. The fourth-order valence-corrected chi connectivity index (χ4v) is 2.60. The van der Waals surface area contributed by atoms with Gasteiger partial charge in [-0.1, -0.05) is 11.6 Å². The Labute approximate surface area is 113 Å². The molecule has 1 saturated heterocycles. The van der Waals surface area contributed by atoms with E-state index in [9.17, 15) is 18.0 Å². The lowest BCUT2D eigenvalue weighted by Crippen LogP contribution is -2.37. The van der Waals surface area contributed by atoms with E-state index in [-0.39, 0.29) is 23.6 Å². The highest BCUT2D eigenvalue weighted by atomic mass is 19.4. The fraction of sp³-hybridized carbons (Fsp3) is 0.750. The number of nitrogens with zero attached hydrogens (tertiary/aromatic N) is 3. The summed E-state index contributed by atoms with van der Waals surface area (Å²) in [5, 5.41) is 3.39. The van der Waals surface area contributed by atoms with Gasteiger partial charge in [-0.15, -0.1) is 0 Å². The number of aromatic nitrogens is 2. The van der Waals surface area contributed by atoms with Crippen molar-refractivity contribution >= 4 is 5.91 Å². The number of halogens is 3. The first kappa shape index (κ1) is 13.4. The molecule has 110 valence electrons. The molecule has 3 rings (SSSR count). The summed E-state index contributed by atoms with van der Waals surface area (Å²) >= 11 is 0. The van der Waals surface area contributed by atoms with Gasteiger partial charge in [0.25, 0.3) is 0 Å². The zero-order valence-electron chi connectivity index (χ0n) is 10.7. The fourth-order valence-electron chi connectivity index (χ4n) is 2.60. The molecule has 0 bridgehead atoms. The summed E-state index contributed by atoms with van der Waals surface area (Å²) in [6.45, 7) is 0.933. The zero-order valence-corrected chi connectivity index (χ0v) is 10.7. The lowest BCUT2D eigenvalue weighted by molar-refractivity contribution is -0.159. The van der Waals surface area contributed by atoms with Crippen LogP contribution in [0.1, 0.15) is 43.3 Å². The van der Waals surface area contributed by atoms with Gasteiger partial charge < -0.3 is 9.42 Å². The topological polar surface area (TPSA) is 59.2 Å². The monoisotopic (exact) mass is 289 g/mol. The minimum Gasteiger partial charge on any atom is -0.342 e. The molecular weight excluding hydrogens is 275 g/mol. The summed E-state index contributed by atoms with van der Waals surface area (Å²) in [6, 6.07) is 0. The van der Waals surface area contributed by atoms with Crippen molar-refractivity contribution < 1.29 is 22.5 Å². The predicted molar refractivity (Wildman–Crippen MR) is 60.6 cm³/mol. The Morgan fingerprint density at radius 3 is 2.60 bits per heavy atom. The van der Waals surface area contributed by atoms with E-state index in [2.05, 4.69) is 14.7 Å². The molecule has 1 aromatic rings. The molecule has 8 heteroatoms. The molecule has 0 spiro atoms. The molecule has 2 fully saturated rings. The second-order valence-corrected chi connectivity index (χ2v) is 5.35. The number of amides is 1. The van der Waals surface area contributed by atoms with Crippen molar-refractivity contribution in [2.24, 2.45) is 5.92 Å². The van der Waals surface area contributed by atoms with Crippen molar-refractivity contribution in [2.45, 2.75) is 37.8 Å². The number of carbonyl (C=O) groups is 1. The number of rotatable bonds is 2. The van der Waals surface area contributed by atoms with Crippen LogP contribution in [0.15, 0.2) is 4.52 Å². The highest BCUT2D eigenvalue weighted by molar-refractivity contribution is 5.79. The second kappa shape index (κ2) is 4.75. The van der Waals surface area contributed by atoms with Crippen LogP contribution in [0.3, 0.4) is 0 Å². The maximum atomic E-state index is 12.4. The molecule has 20 heavy (non-hydrogen) atoms. The van der Waals surface area contributed by atoms with Crippen LogP contribution >= 0.6 is 0 Å². The van der Waals surface area contributed by atoms with Crippen LogP contribution in [0.5, 0.6) is 0 Å². The van der Waals surface area contributed by atoms with E-state index >= 15 is 0 Å². The number of carbonyl (C=O) groups excluding carboxylic acids is 1. The largest absolute Gasteiger partial charge is 0.471 e. The minimum absolute atomic E-state index is 0.0428. The van der Waals surface area contributed by atoms with E-state index < -0.39 is 12.1 Å². The van der Waals surface area contributed by atoms with Crippen LogP contribution in [0.2, 0.25) is 0 Å². The van der Waals surface area contributed by atoms with Gasteiger partial charge >= 0.3 is 12.1 Å². The summed E-state index contributed by atoms with van der Waals surface area (Å²) < 4.78 is 41.4. The van der Waals surface area contributed by atoms with Gasteiger partial charge in [0.1, 0.15) is 0 Å². The average Bonchev–Trinajstić information content (AvgIpc) is 2.94. The Balaban J connectivity index is 1.64. The average molecular weight is 289 g/mol. The molecule has 1 amide bonds. The third-order valence-corrected chi connectivity index (χ3v) is 4.00. The molecule has 1 unspecified atom stereocenters. The van der Waals surface area contributed by atoms with Gasteiger partial charge in [0.05, 0.1) is 0 Å². The Morgan fingerprint density at radius 2 is 2.05 bits per heavy atom. The van der Waals surface area contributed by atoms with Crippen LogP contribution in [-0.2, 0) is 11.0 Å². The summed E-state index contributed by atoms with van der Waals surface area (Å²) in [4.78, 5) is 17.2. The van der Waals surface area contributed by atoms with E-state index in [0.717, 1.165) is 19.3 Å². The van der Waals surface area contributed by atoms with Gasteiger partial charge in [-0.3, -0.25) is 4.79 Å². The van der Waals surface area contributed by atoms with Crippen molar-refractivity contribution in [1.82, 2.24) is 15.0 Å². The van der Waals surface area contributed by atoms with E-state index in [4.69, 9.17) is 0 Å². The van der Waals surface area contributed by atoms with E-state index in [1.807, 2.05) is 0 Å². The van der Waals surface area contributed by atoms with Crippen LogP contribution in [0.4, 0.5) is 13.2 Å². The molecule has 0 N–H and O–H groups in total. The van der Waals surface area contributed by atoms with Crippen molar-refractivity contribution in [3.63, 3.8) is 0 Å². The molecule has 1 aliphatic heterocycles. The summed E-state index contributed by atoms with van der Waals surface area (Å²) in [5.74, 6) is -1.33. The lowest BCUT2D eigenvalue weighted by Gasteiger charge is -2.29. The van der Waals surface area contributed by atoms with Gasteiger partial charge in [-0.25, -0.2) is 0 Å². The standard InChI is InChI=1S/C12H14F3N3O2/c13-12(14,15)11-16-9(17-20-11)8-4-5-18(6-8)10(19)7-2-1-3-7/h7-8H,1-6H2. The summed E-state index contributed by atoms with van der Waals surface area (Å²) in [7, 11) is 0. The normalized spacial score (nSPS) is 23.9. The van der Waals surface area contributed by atoms with Crippen molar-refractivity contribution in [3.05, 3.63) is 11.7 Å². The lowest BCUT2D eigenvalue weighted by atomic mass is 9.84. The minimum atomic E-state index is -4.62. The number of hydrogen-bond acceptors (Lipinski definition) is 4. The quantitative estimate of drug-likeness (QED) is 0.837. The molecule has 1 aromatic heterocycles. The Bertz CT molecular complexity index is 510. The Morgan fingerprint density at radius 1 is 1.30 bits per heavy atom. The maximum absolute atomic E-state index is 12.4. The Kier molecular flexibility index (Phi) is 3.18. The van der Waals surface area contributed by atoms with Crippen LogP contribution in [-0.4, -0.2) is 34.0 Å². The van der Waals surface area contributed by atoms with Crippen LogP contribution in [0, 0.1) is 5.92 Å². The van der Waals surface area contributed by atoms with Gasteiger partial charge in [-0.2, -0.15) is 18.2 Å². The van der Waals surface area contributed by atoms with Crippen molar-refractivity contribution in [3.8, 4) is 0 Å². The highest BCUT2D eigenvalue weighted by Gasteiger charge is 2.41. The van der Waals surface area contributed by atoms with Crippen LogP contribution < -0.4 is 0 Å². The molecule has 1 saturated carbocycles. The third-order valence-electron chi connectivity index (χ3n) is 4.00. The van der Waals surface area contributed by atoms with Gasteiger partial charge in [0, 0.05) is 24.9 Å². The molecular formula is C12H14F3N3O2. The first-order valence-electron chi connectivity index (χ1n) is 6.64. The van der Waals surface area contributed by atoms with E-state index in [0.29, 0.717) is 19.5 Å². The van der Waals surface area contributed by atoms with Crippen molar-refractivity contribution in [1.29, 1.82) is 0 Å². The smallest absolute Gasteiger partial charge is 0.342 e. The molecule has 5 nitrogen and oxygen atoms in total. The van der Waals surface area contributed by atoms with Crippen LogP contribution in [0.25, 0.3) is 0 Å². The van der Waals surface area contributed by atoms with E-state index in [1.54, 1.807) is 4.90 Å². The summed E-state index contributed by atoms with van der Waals surface area (Å²) in [5.41, 5.74) is 0. The molecule has 2 heterocycles.